The second-order valence-electron chi connectivity index (χ2n) is 6.78. The van der Waals surface area contributed by atoms with Gasteiger partial charge in [0.25, 0.3) is 0 Å². The van der Waals surface area contributed by atoms with Crippen LogP contribution in [0.5, 0.6) is 0 Å². The molecule has 0 heterocycles. The van der Waals surface area contributed by atoms with Crippen LogP contribution in [-0.4, -0.2) is 13.0 Å². The van der Waals surface area contributed by atoms with Crippen molar-refractivity contribution in [2.75, 3.05) is 7.05 Å². The van der Waals surface area contributed by atoms with E-state index < -0.39 is 0 Å². The number of carbonyl (C=O) groups excluding carboxylic acids is 1. The minimum absolute atomic E-state index is 0.159. The largest absolute Gasteiger partial charge is 0.359 e. The molecule has 0 aromatic heterocycles. The highest BCUT2D eigenvalue weighted by Gasteiger charge is 2.29. The molecule has 1 unspecified atom stereocenters. The molecule has 1 atom stereocenters. The average molecular weight is 298 g/mol. The van der Waals surface area contributed by atoms with Crippen LogP contribution in [0.3, 0.4) is 0 Å². The molecule has 0 saturated carbocycles. The Bertz CT molecular complexity index is 252. The summed E-state index contributed by atoms with van der Waals surface area (Å²) in [6.07, 6.45) is 17.0. The van der Waals surface area contributed by atoms with Gasteiger partial charge in [-0.3, -0.25) is 4.79 Å². The van der Waals surface area contributed by atoms with Gasteiger partial charge in [0, 0.05) is 12.5 Å². The minimum Gasteiger partial charge on any atom is -0.359 e. The van der Waals surface area contributed by atoms with Gasteiger partial charge in [-0.05, 0) is 12.8 Å². The van der Waals surface area contributed by atoms with E-state index in [4.69, 9.17) is 0 Å². The standard InChI is InChI=1S/C19H39NO/c1-5-7-8-9-10-11-12-13-14-15-16-17-19(3,6-2)18(21)20-4/h5-17H2,1-4H3,(H,20,21). The van der Waals surface area contributed by atoms with Crippen LogP contribution < -0.4 is 5.32 Å². The van der Waals surface area contributed by atoms with Gasteiger partial charge in [-0.25, -0.2) is 0 Å². The molecule has 0 fully saturated rings. The number of hydrogen-bond acceptors (Lipinski definition) is 1. The molecule has 2 nitrogen and oxygen atoms in total. The molecule has 0 radical (unpaired) electrons. The first-order valence-electron chi connectivity index (χ1n) is 9.33. The Hall–Kier alpha value is -0.530. The van der Waals surface area contributed by atoms with Crippen molar-refractivity contribution in [3.8, 4) is 0 Å². The highest BCUT2D eigenvalue weighted by molar-refractivity contribution is 5.81. The van der Waals surface area contributed by atoms with Crippen molar-refractivity contribution in [2.24, 2.45) is 5.41 Å². The Labute approximate surface area is 133 Å². The second kappa shape index (κ2) is 13.2. The molecular formula is C19H39NO. The summed E-state index contributed by atoms with van der Waals surface area (Å²) < 4.78 is 0. The van der Waals surface area contributed by atoms with Gasteiger partial charge in [-0.2, -0.15) is 0 Å². The van der Waals surface area contributed by atoms with E-state index in [1.165, 1.54) is 70.6 Å². The lowest BCUT2D eigenvalue weighted by molar-refractivity contribution is -0.130. The van der Waals surface area contributed by atoms with E-state index in [2.05, 4.69) is 26.1 Å². The SMILES string of the molecule is CCCCCCCCCCCCCC(C)(CC)C(=O)NC. The molecule has 0 rings (SSSR count). The first-order valence-corrected chi connectivity index (χ1v) is 9.33. The van der Waals surface area contributed by atoms with E-state index in [1.807, 2.05) is 0 Å². The van der Waals surface area contributed by atoms with Crippen molar-refractivity contribution in [1.82, 2.24) is 5.32 Å². The van der Waals surface area contributed by atoms with Crippen molar-refractivity contribution in [2.45, 2.75) is 104 Å². The predicted molar refractivity (Wildman–Crippen MR) is 93.5 cm³/mol. The average Bonchev–Trinajstić information content (AvgIpc) is 2.51. The molecule has 0 spiro atoms. The molecule has 0 aromatic carbocycles. The highest BCUT2D eigenvalue weighted by Crippen LogP contribution is 2.28. The van der Waals surface area contributed by atoms with Crippen molar-refractivity contribution >= 4 is 5.91 Å². The summed E-state index contributed by atoms with van der Waals surface area (Å²) in [5.41, 5.74) is -0.159. The van der Waals surface area contributed by atoms with Crippen LogP contribution in [0, 0.1) is 5.41 Å². The van der Waals surface area contributed by atoms with Gasteiger partial charge in [-0.1, -0.05) is 91.4 Å². The summed E-state index contributed by atoms with van der Waals surface area (Å²) in [5.74, 6) is 0.206. The molecule has 2 heteroatoms. The Morgan fingerprint density at radius 1 is 0.810 bits per heavy atom. The third-order valence-electron chi connectivity index (χ3n) is 4.89. The van der Waals surface area contributed by atoms with Gasteiger partial charge in [0.15, 0.2) is 0 Å². The molecule has 0 aromatic rings. The molecule has 0 saturated heterocycles. The second-order valence-corrected chi connectivity index (χ2v) is 6.78. The van der Waals surface area contributed by atoms with Crippen LogP contribution in [-0.2, 0) is 4.79 Å². The monoisotopic (exact) mass is 297 g/mol. The number of carbonyl (C=O) groups is 1. The van der Waals surface area contributed by atoms with Crippen LogP contribution in [0.1, 0.15) is 104 Å². The van der Waals surface area contributed by atoms with Crippen LogP contribution in [0.15, 0.2) is 0 Å². The Morgan fingerprint density at radius 2 is 1.24 bits per heavy atom. The van der Waals surface area contributed by atoms with Gasteiger partial charge < -0.3 is 5.32 Å². The van der Waals surface area contributed by atoms with E-state index in [9.17, 15) is 4.79 Å². The first kappa shape index (κ1) is 20.5. The minimum atomic E-state index is -0.159. The molecule has 0 aliphatic heterocycles. The Balaban J connectivity index is 3.45. The summed E-state index contributed by atoms with van der Waals surface area (Å²) in [6.45, 7) is 6.49. The smallest absolute Gasteiger partial charge is 0.225 e. The fraction of sp³-hybridized carbons (Fsp3) is 0.947. The van der Waals surface area contributed by atoms with Crippen molar-refractivity contribution < 1.29 is 4.79 Å². The van der Waals surface area contributed by atoms with Gasteiger partial charge in [-0.15, -0.1) is 0 Å². The van der Waals surface area contributed by atoms with Crippen LogP contribution in [0.2, 0.25) is 0 Å². The zero-order chi connectivity index (χ0) is 16.0. The van der Waals surface area contributed by atoms with Crippen molar-refractivity contribution in [1.29, 1.82) is 0 Å². The number of rotatable bonds is 14. The maximum absolute atomic E-state index is 11.9. The number of amides is 1. The zero-order valence-electron chi connectivity index (χ0n) is 15.1. The number of nitrogens with one attached hydrogen (secondary N) is 1. The molecule has 1 amide bonds. The maximum atomic E-state index is 11.9. The topological polar surface area (TPSA) is 29.1 Å². The lowest BCUT2D eigenvalue weighted by atomic mass is 9.81. The summed E-state index contributed by atoms with van der Waals surface area (Å²) in [6, 6.07) is 0. The molecule has 0 bridgehead atoms. The van der Waals surface area contributed by atoms with E-state index in [-0.39, 0.29) is 11.3 Å². The lowest BCUT2D eigenvalue weighted by Gasteiger charge is -2.26. The molecule has 0 aliphatic carbocycles. The van der Waals surface area contributed by atoms with E-state index in [0.29, 0.717) is 0 Å². The van der Waals surface area contributed by atoms with Gasteiger partial charge in [0.2, 0.25) is 5.91 Å². The number of hydrogen-bond donors (Lipinski definition) is 1. The number of unbranched alkanes of at least 4 members (excludes halogenated alkanes) is 10. The van der Waals surface area contributed by atoms with Gasteiger partial charge >= 0.3 is 0 Å². The molecule has 126 valence electrons. The van der Waals surface area contributed by atoms with Gasteiger partial charge in [0.1, 0.15) is 0 Å². The van der Waals surface area contributed by atoms with Gasteiger partial charge in [0.05, 0.1) is 0 Å². The van der Waals surface area contributed by atoms with Crippen molar-refractivity contribution in [3.05, 3.63) is 0 Å². The zero-order valence-corrected chi connectivity index (χ0v) is 15.1. The van der Waals surface area contributed by atoms with Crippen LogP contribution in [0.25, 0.3) is 0 Å². The lowest BCUT2D eigenvalue weighted by Crippen LogP contribution is -2.36. The predicted octanol–water partition coefficient (Wildman–Crippen LogP) is 5.85. The third-order valence-corrected chi connectivity index (χ3v) is 4.89. The first-order chi connectivity index (χ1) is 10.1. The summed E-state index contributed by atoms with van der Waals surface area (Å²) in [5, 5.41) is 2.81. The highest BCUT2D eigenvalue weighted by atomic mass is 16.2. The summed E-state index contributed by atoms with van der Waals surface area (Å²) >= 11 is 0. The van der Waals surface area contributed by atoms with E-state index >= 15 is 0 Å². The Morgan fingerprint density at radius 3 is 1.62 bits per heavy atom. The van der Waals surface area contributed by atoms with Crippen LogP contribution >= 0.6 is 0 Å². The Kier molecular flexibility index (Phi) is 12.8. The van der Waals surface area contributed by atoms with Crippen molar-refractivity contribution in [3.63, 3.8) is 0 Å². The molecule has 0 aliphatic rings. The van der Waals surface area contributed by atoms with Crippen LogP contribution in [0.4, 0.5) is 0 Å². The summed E-state index contributed by atoms with van der Waals surface area (Å²) in [4.78, 5) is 11.9. The fourth-order valence-corrected chi connectivity index (χ4v) is 2.93. The fourth-order valence-electron chi connectivity index (χ4n) is 2.93. The normalized spacial score (nSPS) is 13.9. The molecule has 1 N–H and O–H groups in total. The third kappa shape index (κ3) is 9.92. The molecule has 21 heavy (non-hydrogen) atoms. The molecular weight excluding hydrogens is 258 g/mol. The van der Waals surface area contributed by atoms with E-state index in [0.717, 1.165) is 12.8 Å². The van der Waals surface area contributed by atoms with E-state index in [1.54, 1.807) is 7.05 Å². The quantitative estimate of drug-likeness (QED) is 0.400. The maximum Gasteiger partial charge on any atom is 0.225 e. The summed E-state index contributed by atoms with van der Waals surface area (Å²) in [7, 11) is 1.75.